The van der Waals surface area contributed by atoms with Crippen LogP contribution in [0, 0.1) is 23.0 Å². The Hall–Kier alpha value is -1.55. The summed E-state index contributed by atoms with van der Waals surface area (Å²) >= 11 is 0. The molecular formula is C14H17F2N3O. The molecular weight excluding hydrogens is 264 g/mol. The molecule has 1 aromatic carbocycles. The zero-order chi connectivity index (χ0) is 14.5. The van der Waals surface area contributed by atoms with E-state index in [0.717, 1.165) is 25.2 Å². The van der Waals surface area contributed by atoms with E-state index in [9.17, 15) is 14.0 Å². The van der Waals surface area contributed by atoms with E-state index in [1.165, 1.54) is 6.07 Å². The van der Waals surface area contributed by atoms with Gasteiger partial charge in [0.2, 0.25) is 0 Å². The number of nitriles is 1. The number of piperazine rings is 1. The van der Waals surface area contributed by atoms with Crippen LogP contribution in [0.3, 0.4) is 0 Å². The van der Waals surface area contributed by atoms with Gasteiger partial charge in [0.25, 0.3) is 0 Å². The SMILES string of the molecule is N#CC(c1ccc(F)c(F)c1)N1CCN(CCO)CC1. The Balaban J connectivity index is 2.06. The maximum absolute atomic E-state index is 13.3. The lowest BCUT2D eigenvalue weighted by atomic mass is 10.1. The molecule has 0 amide bonds. The third-order valence-electron chi connectivity index (χ3n) is 3.57. The van der Waals surface area contributed by atoms with Gasteiger partial charge in [-0.15, -0.1) is 0 Å². The summed E-state index contributed by atoms with van der Waals surface area (Å²) < 4.78 is 26.2. The molecule has 0 saturated carbocycles. The van der Waals surface area contributed by atoms with Gasteiger partial charge in [-0.3, -0.25) is 9.80 Å². The molecule has 6 heteroatoms. The molecule has 0 radical (unpaired) electrons. The molecule has 0 aromatic heterocycles. The van der Waals surface area contributed by atoms with Gasteiger partial charge in [0.1, 0.15) is 6.04 Å². The van der Waals surface area contributed by atoms with Gasteiger partial charge >= 0.3 is 0 Å². The first-order chi connectivity index (χ1) is 9.65. The average molecular weight is 281 g/mol. The number of aliphatic hydroxyl groups is 1. The molecule has 2 rings (SSSR count). The second-order valence-corrected chi connectivity index (χ2v) is 4.81. The molecule has 20 heavy (non-hydrogen) atoms. The first-order valence-electron chi connectivity index (χ1n) is 6.57. The highest BCUT2D eigenvalue weighted by Crippen LogP contribution is 2.23. The minimum atomic E-state index is -0.929. The maximum atomic E-state index is 13.3. The number of rotatable bonds is 4. The molecule has 0 bridgehead atoms. The molecule has 1 aromatic rings. The van der Waals surface area contributed by atoms with Crippen LogP contribution in [0.15, 0.2) is 18.2 Å². The average Bonchev–Trinajstić information content (AvgIpc) is 2.46. The highest BCUT2D eigenvalue weighted by Gasteiger charge is 2.25. The first-order valence-corrected chi connectivity index (χ1v) is 6.57. The number of nitrogens with zero attached hydrogens (tertiary/aromatic N) is 3. The molecule has 1 atom stereocenters. The van der Waals surface area contributed by atoms with Crippen LogP contribution >= 0.6 is 0 Å². The van der Waals surface area contributed by atoms with E-state index in [2.05, 4.69) is 11.0 Å². The number of hydrogen-bond acceptors (Lipinski definition) is 4. The van der Waals surface area contributed by atoms with Crippen LogP contribution in [0.25, 0.3) is 0 Å². The van der Waals surface area contributed by atoms with Crippen molar-refractivity contribution in [3.63, 3.8) is 0 Å². The summed E-state index contributed by atoms with van der Waals surface area (Å²) in [7, 11) is 0. The minimum Gasteiger partial charge on any atom is -0.395 e. The Morgan fingerprint density at radius 1 is 1.20 bits per heavy atom. The Morgan fingerprint density at radius 2 is 1.90 bits per heavy atom. The maximum Gasteiger partial charge on any atom is 0.159 e. The number of halogens is 2. The Labute approximate surface area is 116 Å². The van der Waals surface area contributed by atoms with E-state index in [1.807, 2.05) is 4.90 Å². The van der Waals surface area contributed by atoms with Crippen molar-refractivity contribution < 1.29 is 13.9 Å². The molecule has 0 aliphatic carbocycles. The summed E-state index contributed by atoms with van der Waals surface area (Å²) in [5, 5.41) is 18.2. The van der Waals surface area contributed by atoms with Gasteiger partial charge < -0.3 is 5.11 Å². The van der Waals surface area contributed by atoms with Crippen LogP contribution in [0.4, 0.5) is 8.78 Å². The summed E-state index contributed by atoms with van der Waals surface area (Å²) in [4.78, 5) is 4.05. The van der Waals surface area contributed by atoms with E-state index in [1.54, 1.807) is 0 Å². The molecule has 1 aliphatic heterocycles. The quantitative estimate of drug-likeness (QED) is 0.899. The fourth-order valence-electron chi connectivity index (χ4n) is 2.44. The molecule has 1 saturated heterocycles. The topological polar surface area (TPSA) is 50.5 Å². The van der Waals surface area contributed by atoms with Gasteiger partial charge in [-0.25, -0.2) is 8.78 Å². The van der Waals surface area contributed by atoms with Crippen molar-refractivity contribution in [2.24, 2.45) is 0 Å². The molecule has 1 N–H and O–H groups in total. The van der Waals surface area contributed by atoms with Gasteiger partial charge in [-0.1, -0.05) is 6.07 Å². The van der Waals surface area contributed by atoms with Gasteiger partial charge in [-0.2, -0.15) is 5.26 Å². The molecule has 108 valence electrons. The highest BCUT2D eigenvalue weighted by molar-refractivity contribution is 5.26. The van der Waals surface area contributed by atoms with E-state index in [4.69, 9.17) is 5.11 Å². The minimum absolute atomic E-state index is 0.116. The summed E-state index contributed by atoms with van der Waals surface area (Å²) in [6, 6.07) is 5.17. The molecule has 1 unspecified atom stereocenters. The van der Waals surface area contributed by atoms with Crippen LogP contribution in [-0.4, -0.2) is 54.2 Å². The number of hydrogen-bond donors (Lipinski definition) is 1. The Morgan fingerprint density at radius 3 is 2.45 bits per heavy atom. The summed E-state index contributed by atoms with van der Waals surface area (Å²) in [6.07, 6.45) is 0. The summed E-state index contributed by atoms with van der Waals surface area (Å²) in [5.74, 6) is -1.83. The Bertz CT molecular complexity index is 496. The van der Waals surface area contributed by atoms with E-state index >= 15 is 0 Å². The predicted molar refractivity (Wildman–Crippen MR) is 69.8 cm³/mol. The lowest BCUT2D eigenvalue weighted by molar-refractivity contribution is 0.0981. The first kappa shape index (κ1) is 14.9. The third-order valence-corrected chi connectivity index (χ3v) is 3.57. The molecule has 0 spiro atoms. The van der Waals surface area contributed by atoms with Crippen molar-refractivity contribution in [2.75, 3.05) is 39.3 Å². The van der Waals surface area contributed by atoms with Crippen molar-refractivity contribution in [3.8, 4) is 6.07 Å². The van der Waals surface area contributed by atoms with Crippen LogP contribution in [-0.2, 0) is 0 Å². The third kappa shape index (κ3) is 3.31. The number of β-amino-alcohol motifs (C(OH)–C–C–N with tert-alkyl or cyclic N) is 1. The van der Waals surface area contributed by atoms with Gasteiger partial charge in [0.05, 0.1) is 12.7 Å². The lowest BCUT2D eigenvalue weighted by Gasteiger charge is -2.36. The van der Waals surface area contributed by atoms with Crippen molar-refractivity contribution in [1.29, 1.82) is 5.26 Å². The standard InChI is InChI=1S/C14H17F2N3O/c15-12-2-1-11(9-13(12)16)14(10-17)19-5-3-18(4-6-19)7-8-20/h1-2,9,14,20H,3-8H2. The summed E-state index contributed by atoms with van der Waals surface area (Å²) in [6.45, 7) is 3.57. The van der Waals surface area contributed by atoms with Gasteiger partial charge in [-0.05, 0) is 17.7 Å². The lowest BCUT2D eigenvalue weighted by Crippen LogP contribution is -2.48. The van der Waals surface area contributed by atoms with Crippen LogP contribution in [0.5, 0.6) is 0 Å². The smallest absolute Gasteiger partial charge is 0.159 e. The van der Waals surface area contributed by atoms with E-state index < -0.39 is 17.7 Å². The van der Waals surface area contributed by atoms with Crippen LogP contribution in [0.2, 0.25) is 0 Å². The fraction of sp³-hybridized carbons (Fsp3) is 0.500. The molecule has 1 heterocycles. The fourth-order valence-corrected chi connectivity index (χ4v) is 2.44. The predicted octanol–water partition coefficient (Wildman–Crippen LogP) is 1.14. The second-order valence-electron chi connectivity index (χ2n) is 4.81. The monoisotopic (exact) mass is 281 g/mol. The zero-order valence-corrected chi connectivity index (χ0v) is 11.1. The molecule has 1 fully saturated rings. The Kier molecular flexibility index (Phi) is 5.01. The zero-order valence-electron chi connectivity index (χ0n) is 11.1. The van der Waals surface area contributed by atoms with Crippen molar-refractivity contribution in [2.45, 2.75) is 6.04 Å². The van der Waals surface area contributed by atoms with E-state index in [0.29, 0.717) is 25.2 Å². The summed E-state index contributed by atoms with van der Waals surface area (Å²) in [5.41, 5.74) is 0.474. The van der Waals surface area contributed by atoms with Crippen molar-refractivity contribution in [1.82, 2.24) is 9.80 Å². The highest BCUT2D eigenvalue weighted by atomic mass is 19.2. The van der Waals surface area contributed by atoms with Gasteiger partial charge in [0.15, 0.2) is 11.6 Å². The van der Waals surface area contributed by atoms with Crippen molar-refractivity contribution in [3.05, 3.63) is 35.4 Å². The molecule has 4 nitrogen and oxygen atoms in total. The van der Waals surface area contributed by atoms with E-state index in [-0.39, 0.29) is 6.61 Å². The van der Waals surface area contributed by atoms with Gasteiger partial charge in [0, 0.05) is 32.7 Å². The largest absolute Gasteiger partial charge is 0.395 e. The van der Waals surface area contributed by atoms with Crippen LogP contribution < -0.4 is 0 Å². The number of aliphatic hydroxyl groups excluding tert-OH is 1. The van der Waals surface area contributed by atoms with Crippen LogP contribution in [0.1, 0.15) is 11.6 Å². The normalized spacial score (nSPS) is 18.7. The molecule has 1 aliphatic rings. The number of benzene rings is 1. The second kappa shape index (κ2) is 6.75. The van der Waals surface area contributed by atoms with Crippen molar-refractivity contribution >= 4 is 0 Å².